The van der Waals surface area contributed by atoms with Crippen molar-refractivity contribution in [2.24, 2.45) is 0 Å². The first kappa shape index (κ1) is 6.97. The van der Waals surface area contributed by atoms with Crippen LogP contribution in [0.4, 0.5) is 0 Å². The van der Waals surface area contributed by atoms with Gasteiger partial charge in [0.25, 0.3) is 0 Å². The average Bonchev–Trinajstić information content (AvgIpc) is 2.61. The number of aromatic nitrogens is 2. The van der Waals surface area contributed by atoms with Crippen LogP contribution in [-0.2, 0) is 0 Å². The lowest BCUT2D eigenvalue weighted by Crippen LogP contribution is -1.76. The van der Waals surface area contributed by atoms with Crippen molar-refractivity contribution in [1.29, 1.82) is 0 Å². The number of hydrogen-bond donors (Lipinski definition) is 0. The predicted octanol–water partition coefficient (Wildman–Crippen LogP) is 2.84. The average molecular weight is 186 g/mol. The predicted molar refractivity (Wildman–Crippen MR) is 54.9 cm³/mol. The van der Waals surface area contributed by atoms with Crippen molar-refractivity contribution in [3.8, 4) is 0 Å². The maximum absolute atomic E-state index is 4.49. The summed E-state index contributed by atoms with van der Waals surface area (Å²) < 4.78 is 5.26. The Bertz CT molecular complexity index is 521. The van der Waals surface area contributed by atoms with Gasteiger partial charge >= 0.3 is 0 Å². The quantitative estimate of drug-likeness (QED) is 0.539. The van der Waals surface area contributed by atoms with Crippen LogP contribution in [0.3, 0.4) is 0 Å². The van der Waals surface area contributed by atoms with Gasteiger partial charge in [-0.2, -0.15) is 4.37 Å². The number of para-hydroxylation sites is 1. The van der Waals surface area contributed by atoms with Crippen molar-refractivity contribution in [1.82, 2.24) is 9.36 Å². The smallest absolute Gasteiger partial charge is 0.102 e. The molecule has 0 radical (unpaired) electrons. The minimum atomic E-state index is 0.990. The molecule has 0 saturated heterocycles. The standard InChI is InChI=1S/C10H6N2S/c1-2-4-8-7(3-1)5-10-9(12-8)6-11-13-10/h1-6H. The topological polar surface area (TPSA) is 25.8 Å². The fraction of sp³-hybridized carbons (Fsp3) is 0. The Labute approximate surface area is 79.0 Å². The van der Waals surface area contributed by atoms with Gasteiger partial charge in [0.05, 0.1) is 16.4 Å². The molecule has 3 aromatic rings. The van der Waals surface area contributed by atoms with Crippen LogP contribution in [0.2, 0.25) is 0 Å². The van der Waals surface area contributed by atoms with E-state index in [1.54, 1.807) is 0 Å². The van der Waals surface area contributed by atoms with Crippen molar-refractivity contribution < 1.29 is 0 Å². The lowest BCUT2D eigenvalue weighted by molar-refractivity contribution is 1.48. The van der Waals surface area contributed by atoms with E-state index in [0.29, 0.717) is 0 Å². The van der Waals surface area contributed by atoms with Crippen molar-refractivity contribution in [2.75, 3.05) is 0 Å². The molecule has 0 aliphatic heterocycles. The van der Waals surface area contributed by atoms with E-state index in [4.69, 9.17) is 0 Å². The highest BCUT2D eigenvalue weighted by Gasteiger charge is 1.99. The first-order valence-electron chi connectivity index (χ1n) is 4.04. The van der Waals surface area contributed by atoms with E-state index in [2.05, 4.69) is 21.5 Å². The zero-order valence-electron chi connectivity index (χ0n) is 6.77. The minimum absolute atomic E-state index is 0.990. The molecule has 0 aliphatic carbocycles. The molecule has 0 atom stereocenters. The molecule has 1 aromatic carbocycles. The van der Waals surface area contributed by atoms with Gasteiger partial charge in [0.1, 0.15) is 5.52 Å². The van der Waals surface area contributed by atoms with Gasteiger partial charge < -0.3 is 0 Å². The van der Waals surface area contributed by atoms with E-state index in [0.717, 1.165) is 15.7 Å². The van der Waals surface area contributed by atoms with Gasteiger partial charge in [-0.25, -0.2) is 4.98 Å². The molecule has 0 aliphatic rings. The molecule has 0 spiro atoms. The molecule has 13 heavy (non-hydrogen) atoms. The normalized spacial score (nSPS) is 11.1. The first-order valence-corrected chi connectivity index (χ1v) is 4.81. The highest BCUT2D eigenvalue weighted by Crippen LogP contribution is 2.21. The van der Waals surface area contributed by atoms with Crippen molar-refractivity contribution in [3.05, 3.63) is 36.5 Å². The summed E-state index contributed by atoms with van der Waals surface area (Å²) in [5.74, 6) is 0. The summed E-state index contributed by atoms with van der Waals surface area (Å²) in [4.78, 5) is 4.49. The number of nitrogens with zero attached hydrogens (tertiary/aromatic N) is 2. The van der Waals surface area contributed by atoms with Crippen LogP contribution in [0, 0.1) is 0 Å². The molecule has 0 saturated carbocycles. The van der Waals surface area contributed by atoms with Gasteiger partial charge in [-0.1, -0.05) is 18.2 Å². The Morgan fingerprint density at radius 1 is 1.08 bits per heavy atom. The van der Waals surface area contributed by atoms with Crippen molar-refractivity contribution >= 4 is 32.7 Å². The molecule has 2 aromatic heterocycles. The largest absolute Gasteiger partial charge is 0.245 e. The Morgan fingerprint density at radius 2 is 2.00 bits per heavy atom. The van der Waals surface area contributed by atoms with E-state index in [1.807, 2.05) is 24.4 Å². The monoisotopic (exact) mass is 186 g/mol. The second kappa shape index (κ2) is 2.50. The molecular formula is C10H6N2S. The molecule has 0 unspecified atom stereocenters. The van der Waals surface area contributed by atoms with Gasteiger partial charge in [-0.05, 0) is 23.7 Å². The molecule has 2 nitrogen and oxygen atoms in total. The van der Waals surface area contributed by atoms with Crippen molar-refractivity contribution in [2.45, 2.75) is 0 Å². The van der Waals surface area contributed by atoms with Crippen LogP contribution < -0.4 is 0 Å². The SMILES string of the molecule is c1ccc2nc3cnsc3cc2c1. The third-order valence-electron chi connectivity index (χ3n) is 2.04. The Morgan fingerprint density at radius 3 is 3.00 bits per heavy atom. The maximum atomic E-state index is 4.49. The lowest BCUT2D eigenvalue weighted by Gasteiger charge is -1.94. The zero-order chi connectivity index (χ0) is 8.67. The second-order valence-corrected chi connectivity index (χ2v) is 3.72. The summed E-state index contributed by atoms with van der Waals surface area (Å²) in [6, 6.07) is 10.3. The zero-order valence-corrected chi connectivity index (χ0v) is 7.58. The van der Waals surface area contributed by atoms with Gasteiger partial charge in [-0.3, -0.25) is 0 Å². The molecule has 62 valence electrons. The number of pyridine rings is 1. The highest BCUT2D eigenvalue weighted by atomic mass is 32.1. The summed E-state index contributed by atoms with van der Waals surface area (Å²) >= 11 is 1.49. The van der Waals surface area contributed by atoms with Gasteiger partial charge in [0.2, 0.25) is 0 Å². The first-order chi connectivity index (χ1) is 6.43. The van der Waals surface area contributed by atoms with Crippen LogP contribution in [0.15, 0.2) is 36.5 Å². The second-order valence-electron chi connectivity index (χ2n) is 2.89. The summed E-state index contributed by atoms with van der Waals surface area (Å²) in [7, 11) is 0. The summed E-state index contributed by atoms with van der Waals surface area (Å²) in [5, 5.41) is 1.18. The molecule has 2 heterocycles. The molecule has 3 heteroatoms. The maximum Gasteiger partial charge on any atom is 0.102 e. The van der Waals surface area contributed by atoms with E-state index < -0.39 is 0 Å². The third-order valence-corrected chi connectivity index (χ3v) is 2.78. The van der Waals surface area contributed by atoms with E-state index in [9.17, 15) is 0 Å². The summed E-state index contributed by atoms with van der Waals surface area (Å²) in [6.45, 7) is 0. The minimum Gasteiger partial charge on any atom is -0.245 e. The van der Waals surface area contributed by atoms with Crippen molar-refractivity contribution in [3.63, 3.8) is 0 Å². The Hall–Kier alpha value is -1.48. The number of fused-ring (bicyclic) bond motifs is 2. The van der Waals surface area contributed by atoms with Crippen LogP contribution in [-0.4, -0.2) is 9.36 Å². The summed E-state index contributed by atoms with van der Waals surface area (Å²) in [6.07, 6.45) is 1.81. The third kappa shape index (κ3) is 1.01. The van der Waals surface area contributed by atoms with Gasteiger partial charge in [-0.15, -0.1) is 0 Å². The summed E-state index contributed by atoms with van der Waals surface area (Å²) in [5.41, 5.74) is 2.03. The lowest BCUT2D eigenvalue weighted by atomic mass is 10.2. The van der Waals surface area contributed by atoms with Gasteiger partial charge in [0.15, 0.2) is 0 Å². The van der Waals surface area contributed by atoms with Crippen LogP contribution >= 0.6 is 11.5 Å². The molecule has 0 fully saturated rings. The Kier molecular flexibility index (Phi) is 1.34. The number of hydrogen-bond acceptors (Lipinski definition) is 3. The fourth-order valence-corrected chi connectivity index (χ4v) is 2.05. The number of rotatable bonds is 0. The molecule has 0 amide bonds. The molecule has 0 N–H and O–H groups in total. The Balaban J connectivity index is 2.57. The van der Waals surface area contributed by atoms with Crippen LogP contribution in [0.25, 0.3) is 21.1 Å². The van der Waals surface area contributed by atoms with E-state index >= 15 is 0 Å². The van der Waals surface area contributed by atoms with E-state index in [1.165, 1.54) is 16.9 Å². The van der Waals surface area contributed by atoms with E-state index in [-0.39, 0.29) is 0 Å². The fourth-order valence-electron chi connectivity index (χ4n) is 1.41. The molecular weight excluding hydrogens is 180 g/mol. The molecule has 0 bridgehead atoms. The number of benzene rings is 1. The molecule has 3 rings (SSSR count). The highest BCUT2D eigenvalue weighted by molar-refractivity contribution is 7.13. The van der Waals surface area contributed by atoms with Crippen LogP contribution in [0.1, 0.15) is 0 Å². The van der Waals surface area contributed by atoms with Gasteiger partial charge in [0, 0.05) is 5.39 Å². The van der Waals surface area contributed by atoms with Crippen LogP contribution in [0.5, 0.6) is 0 Å².